The molecule has 1 aromatic rings. The van der Waals surface area contributed by atoms with Gasteiger partial charge in [0, 0.05) is 11.1 Å². The van der Waals surface area contributed by atoms with Gasteiger partial charge in [0.2, 0.25) is 5.82 Å². The number of benzene rings is 1. The number of nitrogens with two attached hydrogens (primary N) is 1. The van der Waals surface area contributed by atoms with Crippen LogP contribution < -0.4 is 15.2 Å². The van der Waals surface area contributed by atoms with Crippen molar-refractivity contribution in [1.82, 2.24) is 0 Å². The number of hydrogen-bond donors (Lipinski definition) is 1. The van der Waals surface area contributed by atoms with Crippen molar-refractivity contribution in [2.45, 2.75) is 24.8 Å². The lowest BCUT2D eigenvalue weighted by atomic mass is 9.72. The molecule has 1 aliphatic carbocycles. The lowest BCUT2D eigenvalue weighted by Crippen LogP contribution is -2.44. The van der Waals surface area contributed by atoms with Gasteiger partial charge in [-0.25, -0.2) is 4.39 Å². The molecule has 3 nitrogen and oxygen atoms in total. The molecule has 0 aromatic heterocycles. The molecule has 0 heterocycles. The van der Waals surface area contributed by atoms with Crippen molar-refractivity contribution in [3.05, 3.63) is 23.3 Å². The van der Waals surface area contributed by atoms with Crippen LogP contribution in [0.15, 0.2) is 6.07 Å². The van der Waals surface area contributed by atoms with Crippen LogP contribution in [0.5, 0.6) is 11.5 Å². The van der Waals surface area contributed by atoms with E-state index in [0.717, 1.165) is 6.42 Å². The minimum absolute atomic E-state index is 0.0463. The first-order chi connectivity index (χ1) is 8.03. The summed E-state index contributed by atoms with van der Waals surface area (Å²) in [5.41, 5.74) is 5.59. The minimum atomic E-state index is -0.834. The van der Waals surface area contributed by atoms with Crippen molar-refractivity contribution in [2.24, 2.45) is 5.73 Å². The van der Waals surface area contributed by atoms with Crippen LogP contribution in [0.25, 0.3) is 0 Å². The molecule has 94 valence electrons. The predicted molar refractivity (Wildman–Crippen MR) is 59.2 cm³/mol. The van der Waals surface area contributed by atoms with Gasteiger partial charge in [-0.1, -0.05) is 0 Å². The Morgan fingerprint density at radius 2 is 1.82 bits per heavy atom. The monoisotopic (exact) mass is 243 g/mol. The molecule has 1 aromatic carbocycles. The van der Waals surface area contributed by atoms with Gasteiger partial charge >= 0.3 is 0 Å². The molecule has 0 atom stereocenters. The molecular formula is C12H15F2NO2. The van der Waals surface area contributed by atoms with Gasteiger partial charge < -0.3 is 15.2 Å². The molecule has 0 bridgehead atoms. The molecule has 0 radical (unpaired) electrons. The topological polar surface area (TPSA) is 44.5 Å². The summed E-state index contributed by atoms with van der Waals surface area (Å²) >= 11 is 0. The summed E-state index contributed by atoms with van der Waals surface area (Å²) in [6, 6.07) is 1.33. The maximum absolute atomic E-state index is 14.1. The fourth-order valence-corrected chi connectivity index (χ4v) is 2.11. The second-order valence-corrected chi connectivity index (χ2v) is 4.30. The van der Waals surface area contributed by atoms with Crippen molar-refractivity contribution >= 4 is 0 Å². The van der Waals surface area contributed by atoms with Crippen LogP contribution in [0.2, 0.25) is 0 Å². The third-order valence-corrected chi connectivity index (χ3v) is 3.33. The van der Waals surface area contributed by atoms with Crippen LogP contribution in [0.4, 0.5) is 8.78 Å². The minimum Gasteiger partial charge on any atom is -0.494 e. The summed E-state index contributed by atoms with van der Waals surface area (Å²) in [4.78, 5) is 0. The van der Waals surface area contributed by atoms with E-state index in [1.807, 2.05) is 0 Å². The van der Waals surface area contributed by atoms with Crippen molar-refractivity contribution in [1.29, 1.82) is 0 Å². The van der Waals surface area contributed by atoms with E-state index in [9.17, 15) is 8.78 Å². The van der Waals surface area contributed by atoms with Crippen molar-refractivity contribution in [2.75, 3.05) is 14.2 Å². The van der Waals surface area contributed by atoms with Crippen LogP contribution in [0.1, 0.15) is 24.8 Å². The van der Waals surface area contributed by atoms with Crippen LogP contribution in [-0.2, 0) is 5.54 Å². The maximum atomic E-state index is 14.1. The molecule has 0 amide bonds. The van der Waals surface area contributed by atoms with E-state index in [1.165, 1.54) is 20.3 Å². The second kappa shape index (κ2) is 4.14. The molecule has 1 aliphatic rings. The average molecular weight is 243 g/mol. The molecule has 0 aliphatic heterocycles. The predicted octanol–water partition coefficient (Wildman–Crippen LogP) is 2.32. The van der Waals surface area contributed by atoms with Crippen LogP contribution >= 0.6 is 0 Å². The van der Waals surface area contributed by atoms with E-state index in [-0.39, 0.29) is 11.3 Å². The lowest BCUT2D eigenvalue weighted by Gasteiger charge is -2.39. The molecule has 5 heteroatoms. The Morgan fingerprint density at radius 1 is 1.18 bits per heavy atom. The standard InChI is InChI=1S/C12H15F2NO2/c1-16-8-6-7(12(15)4-3-5-12)9(13)11(17-2)10(8)14/h6H,3-5,15H2,1-2H3. The zero-order valence-corrected chi connectivity index (χ0v) is 9.85. The fraction of sp³-hybridized carbons (Fsp3) is 0.500. The van der Waals surface area contributed by atoms with Crippen molar-refractivity contribution in [3.63, 3.8) is 0 Å². The number of halogens is 2. The molecule has 2 rings (SSSR count). The van der Waals surface area contributed by atoms with Gasteiger partial charge in [-0.2, -0.15) is 4.39 Å². The van der Waals surface area contributed by atoms with Crippen LogP contribution in [-0.4, -0.2) is 14.2 Å². The van der Waals surface area contributed by atoms with Gasteiger partial charge in [-0.3, -0.25) is 0 Å². The van der Waals surface area contributed by atoms with Crippen molar-refractivity contribution < 1.29 is 18.3 Å². The summed E-state index contributed by atoms with van der Waals surface area (Å²) < 4.78 is 37.4. The highest BCUT2D eigenvalue weighted by molar-refractivity contribution is 5.45. The smallest absolute Gasteiger partial charge is 0.209 e. The number of rotatable bonds is 3. The SMILES string of the molecule is COc1cc(C2(N)CCC2)c(F)c(OC)c1F. The zero-order valence-electron chi connectivity index (χ0n) is 9.85. The Labute approximate surface area is 98.5 Å². The Balaban J connectivity index is 2.59. The van der Waals surface area contributed by atoms with Gasteiger partial charge in [0.15, 0.2) is 17.3 Å². The molecular weight excluding hydrogens is 228 g/mol. The average Bonchev–Trinajstić information content (AvgIpc) is 2.27. The molecule has 0 unspecified atom stereocenters. The van der Waals surface area contributed by atoms with Crippen molar-refractivity contribution in [3.8, 4) is 11.5 Å². The lowest BCUT2D eigenvalue weighted by molar-refractivity contribution is 0.237. The molecule has 1 saturated carbocycles. The highest BCUT2D eigenvalue weighted by Crippen LogP contribution is 2.44. The normalized spacial score (nSPS) is 17.5. The van der Waals surface area contributed by atoms with Gasteiger partial charge in [0.05, 0.1) is 14.2 Å². The Morgan fingerprint density at radius 3 is 2.24 bits per heavy atom. The molecule has 17 heavy (non-hydrogen) atoms. The van der Waals surface area contributed by atoms with Crippen LogP contribution in [0.3, 0.4) is 0 Å². The van der Waals surface area contributed by atoms with E-state index in [4.69, 9.17) is 15.2 Å². The van der Waals surface area contributed by atoms with E-state index >= 15 is 0 Å². The number of ether oxygens (including phenoxy) is 2. The first-order valence-corrected chi connectivity index (χ1v) is 5.43. The summed E-state index contributed by atoms with van der Waals surface area (Å²) in [5.74, 6) is -2.04. The Bertz CT molecular complexity index is 445. The van der Waals surface area contributed by atoms with E-state index in [0.29, 0.717) is 12.8 Å². The molecule has 1 fully saturated rings. The van der Waals surface area contributed by atoms with E-state index in [2.05, 4.69) is 0 Å². The first-order valence-electron chi connectivity index (χ1n) is 5.43. The van der Waals surface area contributed by atoms with Gasteiger partial charge in [0.1, 0.15) is 0 Å². The molecule has 2 N–H and O–H groups in total. The Kier molecular flexibility index (Phi) is 2.95. The third kappa shape index (κ3) is 1.74. The molecule has 0 saturated heterocycles. The van der Waals surface area contributed by atoms with Gasteiger partial charge in [-0.05, 0) is 25.3 Å². The highest BCUT2D eigenvalue weighted by atomic mass is 19.1. The number of hydrogen-bond acceptors (Lipinski definition) is 3. The van der Waals surface area contributed by atoms with Crippen LogP contribution in [0, 0.1) is 11.6 Å². The quantitative estimate of drug-likeness (QED) is 0.886. The summed E-state index contributed by atoms with van der Waals surface area (Å²) in [6.07, 6.45) is 2.31. The third-order valence-electron chi connectivity index (χ3n) is 3.33. The summed E-state index contributed by atoms with van der Waals surface area (Å²) in [5, 5.41) is 0. The first kappa shape index (κ1) is 12.1. The highest BCUT2D eigenvalue weighted by Gasteiger charge is 2.39. The van der Waals surface area contributed by atoms with E-state index < -0.39 is 22.9 Å². The van der Waals surface area contributed by atoms with Gasteiger partial charge in [-0.15, -0.1) is 0 Å². The maximum Gasteiger partial charge on any atom is 0.209 e. The largest absolute Gasteiger partial charge is 0.494 e. The number of methoxy groups -OCH3 is 2. The molecule has 0 spiro atoms. The summed E-state index contributed by atoms with van der Waals surface area (Å²) in [6.45, 7) is 0. The van der Waals surface area contributed by atoms with Gasteiger partial charge in [0.25, 0.3) is 0 Å². The second-order valence-electron chi connectivity index (χ2n) is 4.30. The fourth-order valence-electron chi connectivity index (χ4n) is 2.11. The van der Waals surface area contributed by atoms with E-state index in [1.54, 1.807) is 0 Å². The zero-order chi connectivity index (χ0) is 12.6. The Hall–Kier alpha value is -1.36. The summed E-state index contributed by atoms with van der Waals surface area (Å²) in [7, 11) is 2.54.